The van der Waals surface area contributed by atoms with Crippen LogP contribution in [0.4, 0.5) is 0 Å². The SMILES string of the molecule is Nn1c(SCc2ccccc2)nc2sc(-c3ccccc3)cc2c1=O. The average Bonchev–Trinajstić information content (AvgIpc) is 3.09. The summed E-state index contributed by atoms with van der Waals surface area (Å²) in [4.78, 5) is 19.0. The molecule has 6 heteroatoms. The van der Waals surface area contributed by atoms with E-state index in [2.05, 4.69) is 4.98 Å². The molecule has 2 aromatic carbocycles. The van der Waals surface area contributed by atoms with Crippen LogP contribution in [-0.4, -0.2) is 9.66 Å². The molecule has 124 valence electrons. The molecule has 4 nitrogen and oxygen atoms in total. The number of hydrogen-bond acceptors (Lipinski definition) is 5. The molecule has 25 heavy (non-hydrogen) atoms. The number of hydrogen-bond donors (Lipinski definition) is 1. The zero-order chi connectivity index (χ0) is 17.2. The van der Waals surface area contributed by atoms with Gasteiger partial charge in [0.15, 0.2) is 5.16 Å². The summed E-state index contributed by atoms with van der Waals surface area (Å²) in [5, 5.41) is 1.10. The molecule has 4 aromatic rings. The Hall–Kier alpha value is -2.57. The van der Waals surface area contributed by atoms with Crippen LogP contribution in [0.2, 0.25) is 0 Å². The zero-order valence-corrected chi connectivity index (χ0v) is 14.9. The van der Waals surface area contributed by atoms with E-state index in [0.717, 1.165) is 25.5 Å². The number of aromatic nitrogens is 2. The Morgan fingerprint density at radius 3 is 2.44 bits per heavy atom. The van der Waals surface area contributed by atoms with Gasteiger partial charge in [-0.3, -0.25) is 4.79 Å². The molecule has 0 aliphatic carbocycles. The minimum atomic E-state index is -0.209. The molecule has 0 unspecified atom stereocenters. The Balaban J connectivity index is 1.71. The summed E-state index contributed by atoms with van der Waals surface area (Å²) in [7, 11) is 0. The summed E-state index contributed by atoms with van der Waals surface area (Å²) in [5.74, 6) is 6.70. The van der Waals surface area contributed by atoms with Crippen molar-refractivity contribution in [3.05, 3.63) is 82.6 Å². The summed E-state index contributed by atoms with van der Waals surface area (Å²) in [5.41, 5.74) is 2.03. The van der Waals surface area contributed by atoms with Crippen LogP contribution >= 0.6 is 23.1 Å². The molecule has 0 saturated carbocycles. The van der Waals surface area contributed by atoms with Gasteiger partial charge >= 0.3 is 0 Å². The minimum Gasteiger partial charge on any atom is -0.334 e. The Morgan fingerprint density at radius 2 is 1.72 bits per heavy atom. The second kappa shape index (κ2) is 6.74. The predicted octanol–water partition coefficient (Wildman–Crippen LogP) is 4.13. The first-order valence-electron chi connectivity index (χ1n) is 7.76. The van der Waals surface area contributed by atoms with E-state index >= 15 is 0 Å². The van der Waals surface area contributed by atoms with Gasteiger partial charge in [0, 0.05) is 10.6 Å². The Bertz CT molecular complexity index is 1070. The van der Waals surface area contributed by atoms with Crippen molar-refractivity contribution in [2.75, 3.05) is 5.84 Å². The van der Waals surface area contributed by atoms with Crippen LogP contribution in [-0.2, 0) is 5.75 Å². The Labute approximate surface area is 152 Å². The van der Waals surface area contributed by atoms with Gasteiger partial charge in [-0.2, -0.15) is 0 Å². The van der Waals surface area contributed by atoms with Crippen molar-refractivity contribution in [3.8, 4) is 10.4 Å². The monoisotopic (exact) mass is 365 g/mol. The lowest BCUT2D eigenvalue weighted by molar-refractivity contribution is 0.782. The molecular weight excluding hydrogens is 350 g/mol. The second-order valence-electron chi connectivity index (χ2n) is 5.54. The van der Waals surface area contributed by atoms with Crippen LogP contribution in [0.15, 0.2) is 76.7 Å². The van der Waals surface area contributed by atoms with Gasteiger partial charge in [0.1, 0.15) is 4.83 Å². The predicted molar refractivity (Wildman–Crippen MR) is 105 cm³/mol. The number of nitrogens with zero attached hydrogens (tertiary/aromatic N) is 2. The number of thioether (sulfide) groups is 1. The van der Waals surface area contributed by atoms with Gasteiger partial charge < -0.3 is 5.84 Å². The van der Waals surface area contributed by atoms with Gasteiger partial charge in [0.25, 0.3) is 5.56 Å². The summed E-state index contributed by atoms with van der Waals surface area (Å²) >= 11 is 2.98. The molecule has 0 bridgehead atoms. The molecular formula is C19H15N3OS2. The highest BCUT2D eigenvalue weighted by Gasteiger charge is 2.14. The highest BCUT2D eigenvalue weighted by molar-refractivity contribution is 7.98. The highest BCUT2D eigenvalue weighted by Crippen LogP contribution is 2.32. The van der Waals surface area contributed by atoms with Gasteiger partial charge in [-0.15, -0.1) is 11.3 Å². The highest BCUT2D eigenvalue weighted by atomic mass is 32.2. The topological polar surface area (TPSA) is 60.9 Å². The Kier molecular flexibility index (Phi) is 4.29. The lowest BCUT2D eigenvalue weighted by atomic mass is 10.2. The number of nitrogen functional groups attached to an aromatic ring is 1. The van der Waals surface area contributed by atoms with Gasteiger partial charge in [0.05, 0.1) is 5.39 Å². The lowest BCUT2D eigenvalue weighted by Crippen LogP contribution is -2.29. The molecule has 0 radical (unpaired) electrons. The molecule has 2 heterocycles. The maximum atomic E-state index is 12.6. The summed E-state index contributed by atoms with van der Waals surface area (Å²) < 4.78 is 1.15. The smallest absolute Gasteiger partial charge is 0.281 e. The fourth-order valence-corrected chi connectivity index (χ4v) is 4.49. The van der Waals surface area contributed by atoms with Gasteiger partial charge in [-0.25, -0.2) is 9.66 Å². The van der Waals surface area contributed by atoms with Gasteiger partial charge in [0.2, 0.25) is 0 Å². The van der Waals surface area contributed by atoms with E-state index in [0.29, 0.717) is 16.3 Å². The first-order chi connectivity index (χ1) is 12.2. The zero-order valence-electron chi connectivity index (χ0n) is 13.3. The van der Waals surface area contributed by atoms with Crippen LogP contribution in [0.25, 0.3) is 20.7 Å². The van der Waals surface area contributed by atoms with Crippen molar-refractivity contribution < 1.29 is 0 Å². The number of thiophene rings is 1. The largest absolute Gasteiger partial charge is 0.334 e. The van der Waals surface area contributed by atoms with Crippen molar-refractivity contribution in [1.29, 1.82) is 0 Å². The number of rotatable bonds is 4. The van der Waals surface area contributed by atoms with Crippen molar-refractivity contribution in [3.63, 3.8) is 0 Å². The number of nitrogens with two attached hydrogens (primary N) is 1. The van der Waals surface area contributed by atoms with Crippen molar-refractivity contribution in [1.82, 2.24) is 9.66 Å². The van der Waals surface area contributed by atoms with Gasteiger partial charge in [-0.1, -0.05) is 72.4 Å². The maximum Gasteiger partial charge on any atom is 0.281 e. The molecule has 0 amide bonds. The quantitative estimate of drug-likeness (QED) is 0.336. The summed E-state index contributed by atoms with van der Waals surface area (Å²) in [6, 6.07) is 21.9. The van der Waals surface area contributed by atoms with Crippen molar-refractivity contribution in [2.45, 2.75) is 10.9 Å². The molecule has 0 spiro atoms. The van der Waals surface area contributed by atoms with Crippen LogP contribution in [0, 0.1) is 0 Å². The van der Waals surface area contributed by atoms with E-state index in [9.17, 15) is 4.79 Å². The van der Waals surface area contributed by atoms with Crippen LogP contribution in [0.3, 0.4) is 0 Å². The molecule has 0 fully saturated rings. The van der Waals surface area contributed by atoms with Crippen molar-refractivity contribution in [2.24, 2.45) is 0 Å². The van der Waals surface area contributed by atoms with E-state index in [4.69, 9.17) is 5.84 Å². The third-order valence-corrected chi connectivity index (χ3v) is 5.94. The fraction of sp³-hybridized carbons (Fsp3) is 0.0526. The summed E-state index contributed by atoms with van der Waals surface area (Å²) in [6.45, 7) is 0. The molecule has 2 aromatic heterocycles. The van der Waals surface area contributed by atoms with E-state index in [1.165, 1.54) is 23.1 Å². The fourth-order valence-electron chi connectivity index (χ4n) is 2.54. The molecule has 0 aliphatic rings. The van der Waals surface area contributed by atoms with Crippen LogP contribution < -0.4 is 11.4 Å². The van der Waals surface area contributed by atoms with Gasteiger partial charge in [-0.05, 0) is 17.2 Å². The third kappa shape index (κ3) is 3.18. The van der Waals surface area contributed by atoms with E-state index in [-0.39, 0.29) is 5.56 Å². The van der Waals surface area contributed by atoms with Crippen LogP contribution in [0.1, 0.15) is 5.56 Å². The first kappa shape index (κ1) is 15.9. The normalized spacial score (nSPS) is 11.0. The molecule has 4 rings (SSSR count). The summed E-state index contributed by atoms with van der Waals surface area (Å²) in [6.07, 6.45) is 0. The van der Waals surface area contributed by atoms with Crippen molar-refractivity contribution >= 4 is 33.3 Å². The van der Waals surface area contributed by atoms with E-state index in [1.807, 2.05) is 66.7 Å². The minimum absolute atomic E-state index is 0.209. The Morgan fingerprint density at radius 1 is 1.04 bits per heavy atom. The molecule has 0 saturated heterocycles. The van der Waals surface area contributed by atoms with Crippen LogP contribution in [0.5, 0.6) is 0 Å². The third-order valence-electron chi connectivity index (χ3n) is 3.83. The maximum absolute atomic E-state index is 12.6. The molecule has 0 aliphatic heterocycles. The average molecular weight is 365 g/mol. The molecule has 2 N–H and O–H groups in total. The second-order valence-corrected chi connectivity index (χ2v) is 7.51. The number of benzene rings is 2. The standard InChI is InChI=1S/C19H15N3OS2/c20-22-18(23)15-11-16(14-9-5-2-6-10-14)25-17(15)21-19(22)24-12-13-7-3-1-4-8-13/h1-11H,12,20H2. The first-order valence-corrected chi connectivity index (χ1v) is 9.56. The number of fused-ring (bicyclic) bond motifs is 1. The lowest BCUT2D eigenvalue weighted by Gasteiger charge is -2.06. The van der Waals surface area contributed by atoms with E-state index < -0.39 is 0 Å². The van der Waals surface area contributed by atoms with E-state index in [1.54, 1.807) is 0 Å². The molecule has 0 atom stereocenters.